The molecule has 0 unspecified atom stereocenters. The van der Waals surface area contributed by atoms with Crippen LogP contribution >= 0.6 is 11.8 Å². The van der Waals surface area contributed by atoms with E-state index in [1.54, 1.807) is 31.2 Å². The zero-order valence-electron chi connectivity index (χ0n) is 13.7. The lowest BCUT2D eigenvalue weighted by atomic mass is 10.2. The van der Waals surface area contributed by atoms with E-state index in [-0.39, 0.29) is 36.0 Å². The van der Waals surface area contributed by atoms with Gasteiger partial charge in [0.1, 0.15) is 0 Å². The van der Waals surface area contributed by atoms with Gasteiger partial charge in [0.15, 0.2) is 11.0 Å². The topological polar surface area (TPSA) is 111 Å². The molecule has 0 aliphatic rings. The van der Waals surface area contributed by atoms with E-state index in [0.29, 0.717) is 5.56 Å². The summed E-state index contributed by atoms with van der Waals surface area (Å²) >= 11 is 0.819. The van der Waals surface area contributed by atoms with Crippen molar-refractivity contribution in [3.8, 4) is 0 Å². The number of carbonyl (C=O) groups excluding carboxylic acids is 3. The van der Waals surface area contributed by atoms with Gasteiger partial charge in [-0.25, -0.2) is 0 Å². The first-order valence-electron chi connectivity index (χ1n) is 7.50. The highest BCUT2D eigenvalue weighted by atomic mass is 32.2. The van der Waals surface area contributed by atoms with Crippen LogP contribution in [0.3, 0.4) is 0 Å². The number of nitrogens with one attached hydrogen (secondary N) is 1. The highest BCUT2D eigenvalue weighted by molar-refractivity contribution is 8.01. The molecule has 1 N–H and O–H groups in total. The molecule has 25 heavy (non-hydrogen) atoms. The molecule has 0 spiro atoms. The second kappa shape index (κ2) is 8.97. The third-order valence-electron chi connectivity index (χ3n) is 2.97. The molecule has 0 aliphatic heterocycles. The monoisotopic (exact) mass is 363 g/mol. The summed E-state index contributed by atoms with van der Waals surface area (Å²) in [6.07, 6.45) is 0. The number of ketones is 1. The van der Waals surface area contributed by atoms with Crippen LogP contribution in [0.15, 0.2) is 40.0 Å². The molecule has 0 saturated carbocycles. The molecule has 1 aromatic heterocycles. The Labute approximate surface area is 148 Å². The molecular weight excluding hydrogens is 346 g/mol. The lowest BCUT2D eigenvalue weighted by Crippen LogP contribution is -2.27. The third kappa shape index (κ3) is 5.42. The number of thioether (sulfide) groups is 1. The number of esters is 1. The quantitative estimate of drug-likeness (QED) is 0.428. The average molecular weight is 363 g/mol. The summed E-state index contributed by atoms with van der Waals surface area (Å²) in [5, 5.41) is 9.19. The Morgan fingerprint density at radius 1 is 1.24 bits per heavy atom. The predicted octanol–water partition coefficient (Wildman–Crippen LogP) is 1.61. The molecule has 1 aromatic carbocycles. The maximum absolute atomic E-state index is 11.9. The van der Waals surface area contributed by atoms with Crippen molar-refractivity contribution in [1.82, 2.24) is 15.5 Å². The Bertz CT molecular complexity index is 747. The summed E-state index contributed by atoms with van der Waals surface area (Å²) in [5.74, 6) is -1.14. The van der Waals surface area contributed by atoms with Gasteiger partial charge in [0.25, 0.3) is 11.1 Å². The standard InChI is InChI=1S/C16H17N3O5S/c1-3-23-15(22)13(10(2)20)25-16-19-18-12(24-16)9-17-14(21)11-7-5-4-6-8-11/h4-8,13H,3,9H2,1-2H3,(H,17,21)/t13-/m1/s1. The van der Waals surface area contributed by atoms with Crippen molar-refractivity contribution in [2.75, 3.05) is 6.61 Å². The van der Waals surface area contributed by atoms with Gasteiger partial charge < -0.3 is 14.5 Å². The van der Waals surface area contributed by atoms with Crippen molar-refractivity contribution >= 4 is 29.4 Å². The summed E-state index contributed by atoms with van der Waals surface area (Å²) in [5.41, 5.74) is 0.510. The highest BCUT2D eigenvalue weighted by Gasteiger charge is 2.28. The number of amides is 1. The first kappa shape index (κ1) is 18.7. The summed E-state index contributed by atoms with van der Waals surface area (Å²) in [6.45, 7) is 3.14. The number of nitrogens with zero attached hydrogens (tertiary/aromatic N) is 2. The van der Waals surface area contributed by atoms with Gasteiger partial charge in [-0.3, -0.25) is 14.4 Å². The van der Waals surface area contributed by atoms with Crippen molar-refractivity contribution in [2.45, 2.75) is 30.9 Å². The Morgan fingerprint density at radius 3 is 2.60 bits per heavy atom. The summed E-state index contributed by atoms with van der Waals surface area (Å²) in [7, 11) is 0. The molecule has 1 atom stereocenters. The molecule has 9 heteroatoms. The molecule has 1 heterocycles. The fraction of sp³-hybridized carbons (Fsp3) is 0.312. The van der Waals surface area contributed by atoms with E-state index < -0.39 is 11.2 Å². The van der Waals surface area contributed by atoms with E-state index in [4.69, 9.17) is 9.15 Å². The first-order valence-corrected chi connectivity index (χ1v) is 8.38. The first-order chi connectivity index (χ1) is 12.0. The minimum atomic E-state index is -1.06. The molecule has 2 rings (SSSR count). The Kier molecular flexibility index (Phi) is 6.70. The maximum Gasteiger partial charge on any atom is 0.327 e. The van der Waals surface area contributed by atoms with Crippen LogP contribution in [-0.2, 0) is 20.9 Å². The summed E-state index contributed by atoms with van der Waals surface area (Å²) in [4.78, 5) is 35.3. The van der Waals surface area contributed by atoms with E-state index in [2.05, 4.69) is 15.5 Å². The van der Waals surface area contributed by atoms with Crippen molar-refractivity contribution in [2.24, 2.45) is 0 Å². The summed E-state index contributed by atoms with van der Waals surface area (Å²) in [6, 6.07) is 8.69. The minimum absolute atomic E-state index is 0.0332. The lowest BCUT2D eigenvalue weighted by Gasteiger charge is -2.09. The highest BCUT2D eigenvalue weighted by Crippen LogP contribution is 2.23. The molecule has 132 valence electrons. The normalized spacial score (nSPS) is 11.6. The van der Waals surface area contributed by atoms with E-state index in [0.717, 1.165) is 11.8 Å². The number of aromatic nitrogens is 2. The van der Waals surface area contributed by atoms with Crippen LogP contribution in [0.2, 0.25) is 0 Å². The van der Waals surface area contributed by atoms with Crippen LogP contribution < -0.4 is 5.32 Å². The van der Waals surface area contributed by atoms with Gasteiger partial charge in [-0.05, 0) is 37.7 Å². The number of hydrogen-bond donors (Lipinski definition) is 1. The number of Topliss-reactive ketones (excluding diaryl/α,β-unsaturated/α-hetero) is 1. The second-order valence-electron chi connectivity index (χ2n) is 4.87. The molecule has 1 amide bonds. The predicted molar refractivity (Wildman–Crippen MR) is 88.9 cm³/mol. The lowest BCUT2D eigenvalue weighted by molar-refractivity contribution is -0.144. The van der Waals surface area contributed by atoms with Crippen LogP contribution in [-0.4, -0.2) is 39.7 Å². The number of hydrogen-bond acceptors (Lipinski definition) is 8. The van der Waals surface area contributed by atoms with Gasteiger partial charge in [-0.15, -0.1) is 10.2 Å². The van der Waals surface area contributed by atoms with Crippen LogP contribution in [0.1, 0.15) is 30.1 Å². The second-order valence-corrected chi connectivity index (χ2v) is 5.93. The molecule has 8 nitrogen and oxygen atoms in total. The van der Waals surface area contributed by atoms with Crippen LogP contribution in [0.4, 0.5) is 0 Å². The van der Waals surface area contributed by atoms with Gasteiger partial charge in [0.05, 0.1) is 13.2 Å². The van der Waals surface area contributed by atoms with Gasteiger partial charge in [-0.2, -0.15) is 0 Å². The Morgan fingerprint density at radius 2 is 1.96 bits per heavy atom. The number of carbonyl (C=O) groups is 3. The largest absolute Gasteiger partial charge is 0.465 e. The molecular formula is C16H17N3O5S. The zero-order valence-corrected chi connectivity index (χ0v) is 14.5. The number of benzene rings is 1. The van der Waals surface area contributed by atoms with Gasteiger partial charge >= 0.3 is 5.97 Å². The minimum Gasteiger partial charge on any atom is -0.465 e. The summed E-state index contributed by atoms with van der Waals surface area (Å²) < 4.78 is 10.2. The van der Waals surface area contributed by atoms with Crippen molar-refractivity contribution in [3.05, 3.63) is 41.8 Å². The number of rotatable bonds is 8. The average Bonchev–Trinajstić information content (AvgIpc) is 3.06. The molecule has 0 radical (unpaired) electrons. The molecule has 0 aliphatic carbocycles. The Hall–Kier alpha value is -2.68. The van der Waals surface area contributed by atoms with E-state index in [1.807, 2.05) is 6.07 Å². The van der Waals surface area contributed by atoms with Crippen LogP contribution in [0, 0.1) is 0 Å². The van der Waals surface area contributed by atoms with Crippen molar-refractivity contribution in [3.63, 3.8) is 0 Å². The van der Waals surface area contributed by atoms with E-state index >= 15 is 0 Å². The molecule has 2 aromatic rings. The number of ether oxygens (including phenoxy) is 1. The maximum atomic E-state index is 11.9. The van der Waals surface area contributed by atoms with E-state index in [1.165, 1.54) is 6.92 Å². The van der Waals surface area contributed by atoms with Crippen molar-refractivity contribution < 1.29 is 23.5 Å². The fourth-order valence-corrected chi connectivity index (χ4v) is 2.58. The van der Waals surface area contributed by atoms with Crippen LogP contribution in [0.25, 0.3) is 0 Å². The smallest absolute Gasteiger partial charge is 0.327 e. The van der Waals surface area contributed by atoms with Gasteiger partial charge in [0.2, 0.25) is 5.89 Å². The van der Waals surface area contributed by atoms with Crippen molar-refractivity contribution in [1.29, 1.82) is 0 Å². The van der Waals surface area contributed by atoms with E-state index in [9.17, 15) is 14.4 Å². The molecule has 0 fully saturated rings. The van der Waals surface area contributed by atoms with Crippen LogP contribution in [0.5, 0.6) is 0 Å². The Balaban J connectivity index is 1.94. The molecule has 0 bridgehead atoms. The third-order valence-corrected chi connectivity index (χ3v) is 4.10. The fourth-order valence-electron chi connectivity index (χ4n) is 1.82. The zero-order chi connectivity index (χ0) is 18.2. The van der Waals surface area contributed by atoms with Gasteiger partial charge in [0, 0.05) is 5.56 Å². The van der Waals surface area contributed by atoms with Gasteiger partial charge in [-0.1, -0.05) is 18.2 Å². The molecule has 0 saturated heterocycles. The SMILES string of the molecule is CCOC(=O)[C@H](Sc1nnc(CNC(=O)c2ccccc2)o1)C(C)=O.